The number of carbonyl (C=O) groups is 3. The number of methoxy groups -OCH3 is 2. The Hall–Kier alpha value is -2.57. The maximum absolute atomic E-state index is 11.8. The van der Waals surface area contributed by atoms with Gasteiger partial charge in [0.05, 0.1) is 14.2 Å². The van der Waals surface area contributed by atoms with Gasteiger partial charge in [0.2, 0.25) is 0 Å². The fourth-order valence-corrected chi connectivity index (χ4v) is 2.84. The summed E-state index contributed by atoms with van der Waals surface area (Å²) in [6.45, 7) is 10.1. The van der Waals surface area contributed by atoms with E-state index in [4.69, 9.17) is 9.84 Å². The first kappa shape index (κ1) is 25.4. The van der Waals surface area contributed by atoms with Gasteiger partial charge >= 0.3 is 17.9 Å². The molecule has 2 aliphatic carbocycles. The molecule has 2 aliphatic rings. The van der Waals surface area contributed by atoms with Crippen LogP contribution in [0.5, 0.6) is 0 Å². The van der Waals surface area contributed by atoms with Gasteiger partial charge in [-0.1, -0.05) is 26.0 Å². The summed E-state index contributed by atoms with van der Waals surface area (Å²) in [5, 5.41) is 7.96. The van der Waals surface area contributed by atoms with Gasteiger partial charge < -0.3 is 19.3 Å². The highest BCUT2D eigenvalue weighted by Crippen LogP contribution is 2.31. The van der Waals surface area contributed by atoms with Gasteiger partial charge in [-0.2, -0.15) is 0 Å². The van der Waals surface area contributed by atoms with E-state index in [9.17, 15) is 14.4 Å². The highest BCUT2D eigenvalue weighted by molar-refractivity contribution is 5.88. The second-order valence-electron chi connectivity index (χ2n) is 6.48. The van der Waals surface area contributed by atoms with Crippen molar-refractivity contribution in [3.8, 4) is 0 Å². The predicted molar refractivity (Wildman–Crippen MR) is 105 cm³/mol. The van der Waals surface area contributed by atoms with Crippen LogP contribution in [-0.2, 0) is 28.6 Å². The van der Waals surface area contributed by atoms with Crippen molar-refractivity contribution >= 4 is 17.9 Å². The molecule has 7 heteroatoms. The number of esters is 2. The van der Waals surface area contributed by atoms with Crippen LogP contribution in [0, 0.1) is 5.92 Å². The van der Waals surface area contributed by atoms with Gasteiger partial charge in [0.15, 0.2) is 5.76 Å². The van der Waals surface area contributed by atoms with Crippen molar-refractivity contribution in [2.24, 2.45) is 5.92 Å². The van der Waals surface area contributed by atoms with Gasteiger partial charge in [0.25, 0.3) is 0 Å². The smallest absolute Gasteiger partial charge is 0.370 e. The molecule has 0 aromatic heterocycles. The Bertz CT molecular complexity index is 553. The standard InChI is InChI=1S/C13H20O2.C4H6O3.C4H6O2/c1-10(11-6-2-3-7-11)13(14)15-12-8-4-5-9-12;1-3(7-2)4(5)6;1-3-4(5)6-2/h11-12H,1-9H2;1H2,2H3,(H,5,6);3H,1H2,2H3. The molecule has 0 spiro atoms. The Balaban J connectivity index is 0.000000471. The Morgan fingerprint density at radius 1 is 0.929 bits per heavy atom. The molecule has 28 heavy (non-hydrogen) atoms. The van der Waals surface area contributed by atoms with Crippen LogP contribution < -0.4 is 0 Å². The number of carboxylic acids is 1. The highest BCUT2D eigenvalue weighted by atomic mass is 16.5. The van der Waals surface area contributed by atoms with Crippen molar-refractivity contribution in [1.29, 1.82) is 0 Å². The summed E-state index contributed by atoms with van der Waals surface area (Å²) in [4.78, 5) is 31.3. The SMILES string of the molecule is C=C(C(=O)OC1CCCC1)C1CCCC1.C=C(OC)C(=O)O.C=CC(=O)OC. The summed E-state index contributed by atoms with van der Waals surface area (Å²) >= 11 is 0. The Morgan fingerprint density at radius 2 is 1.43 bits per heavy atom. The van der Waals surface area contributed by atoms with Crippen molar-refractivity contribution in [1.82, 2.24) is 0 Å². The summed E-state index contributed by atoms with van der Waals surface area (Å²) in [6.07, 6.45) is 10.5. The van der Waals surface area contributed by atoms with E-state index in [1.807, 2.05) is 0 Å². The van der Waals surface area contributed by atoms with Crippen LogP contribution in [0.25, 0.3) is 0 Å². The normalized spacial score (nSPS) is 15.8. The first-order valence-electron chi connectivity index (χ1n) is 9.33. The van der Waals surface area contributed by atoms with Gasteiger partial charge in [-0.3, -0.25) is 0 Å². The fourth-order valence-electron chi connectivity index (χ4n) is 2.84. The van der Waals surface area contributed by atoms with Gasteiger partial charge in [0, 0.05) is 11.6 Å². The monoisotopic (exact) mass is 396 g/mol. The third-order valence-corrected chi connectivity index (χ3v) is 4.54. The molecule has 0 atom stereocenters. The highest BCUT2D eigenvalue weighted by Gasteiger charge is 2.26. The number of aliphatic carboxylic acids is 1. The second-order valence-corrected chi connectivity index (χ2v) is 6.48. The van der Waals surface area contributed by atoms with Gasteiger partial charge in [-0.25, -0.2) is 14.4 Å². The molecule has 7 nitrogen and oxygen atoms in total. The van der Waals surface area contributed by atoms with Crippen LogP contribution in [0.2, 0.25) is 0 Å². The first-order valence-corrected chi connectivity index (χ1v) is 9.33. The van der Waals surface area contributed by atoms with Gasteiger partial charge in [-0.15, -0.1) is 0 Å². The molecular formula is C21H32O7. The number of rotatable bonds is 6. The van der Waals surface area contributed by atoms with Crippen molar-refractivity contribution in [2.75, 3.05) is 14.2 Å². The topological polar surface area (TPSA) is 99.1 Å². The molecule has 0 saturated heterocycles. The zero-order valence-electron chi connectivity index (χ0n) is 16.9. The lowest BCUT2D eigenvalue weighted by Gasteiger charge is -2.15. The molecule has 0 unspecified atom stereocenters. The number of carboxylic acid groups (broad SMARTS) is 1. The van der Waals surface area contributed by atoms with Crippen LogP contribution in [0.3, 0.4) is 0 Å². The van der Waals surface area contributed by atoms with Crippen molar-refractivity contribution in [3.05, 3.63) is 37.1 Å². The molecule has 0 radical (unpaired) electrons. The lowest BCUT2D eigenvalue weighted by molar-refractivity contribution is -0.144. The lowest BCUT2D eigenvalue weighted by atomic mass is 9.99. The second kappa shape index (κ2) is 14.5. The maximum Gasteiger partial charge on any atom is 0.370 e. The van der Waals surface area contributed by atoms with Crippen LogP contribution in [0.4, 0.5) is 0 Å². The Kier molecular flexibility index (Phi) is 13.2. The molecule has 0 aromatic rings. The summed E-state index contributed by atoms with van der Waals surface area (Å²) < 4.78 is 13.8. The number of ether oxygens (including phenoxy) is 3. The zero-order valence-corrected chi connectivity index (χ0v) is 16.9. The summed E-state index contributed by atoms with van der Waals surface area (Å²) in [7, 11) is 2.57. The van der Waals surface area contributed by atoms with E-state index in [-0.39, 0.29) is 17.8 Å². The molecule has 158 valence electrons. The molecule has 2 saturated carbocycles. The first-order chi connectivity index (χ1) is 13.3. The third-order valence-electron chi connectivity index (χ3n) is 4.54. The van der Waals surface area contributed by atoms with Crippen LogP contribution in [-0.4, -0.2) is 43.3 Å². The van der Waals surface area contributed by atoms with E-state index in [0.29, 0.717) is 5.92 Å². The fraction of sp³-hybridized carbons (Fsp3) is 0.571. The van der Waals surface area contributed by atoms with E-state index in [2.05, 4.69) is 29.2 Å². The van der Waals surface area contributed by atoms with Crippen LogP contribution in [0.15, 0.2) is 37.1 Å². The average Bonchev–Trinajstić information content (AvgIpc) is 3.41. The Morgan fingerprint density at radius 3 is 1.75 bits per heavy atom. The van der Waals surface area contributed by atoms with Crippen LogP contribution >= 0.6 is 0 Å². The van der Waals surface area contributed by atoms with E-state index in [0.717, 1.165) is 37.3 Å². The third kappa shape index (κ3) is 10.5. The molecule has 0 heterocycles. The van der Waals surface area contributed by atoms with E-state index in [1.54, 1.807) is 0 Å². The molecule has 2 rings (SSSR count). The average molecular weight is 396 g/mol. The molecule has 0 aromatic carbocycles. The Labute approximate surface area is 167 Å². The van der Waals surface area contributed by atoms with E-state index in [1.165, 1.54) is 39.9 Å². The lowest BCUT2D eigenvalue weighted by Crippen LogP contribution is -2.19. The van der Waals surface area contributed by atoms with Crippen molar-refractivity contribution in [2.45, 2.75) is 57.5 Å². The van der Waals surface area contributed by atoms with E-state index >= 15 is 0 Å². The minimum Gasteiger partial charge on any atom is -0.490 e. The number of hydrogen-bond acceptors (Lipinski definition) is 6. The van der Waals surface area contributed by atoms with Gasteiger partial charge in [-0.05, 0) is 51.0 Å². The van der Waals surface area contributed by atoms with Crippen LogP contribution in [0.1, 0.15) is 51.4 Å². The molecular weight excluding hydrogens is 364 g/mol. The zero-order chi connectivity index (χ0) is 21.5. The largest absolute Gasteiger partial charge is 0.490 e. The summed E-state index contributed by atoms with van der Waals surface area (Å²) in [5.74, 6) is -1.48. The predicted octanol–water partition coefficient (Wildman–Crippen LogP) is 3.80. The number of carbonyl (C=O) groups excluding carboxylic acids is 2. The quantitative estimate of drug-likeness (QED) is 0.414. The molecule has 0 aliphatic heterocycles. The molecule has 0 amide bonds. The number of hydrogen-bond donors (Lipinski definition) is 1. The minimum absolute atomic E-state index is 0.131. The van der Waals surface area contributed by atoms with Crippen molar-refractivity contribution < 1.29 is 33.7 Å². The molecule has 0 bridgehead atoms. The molecule has 1 N–H and O–H groups in total. The molecule has 2 fully saturated rings. The van der Waals surface area contributed by atoms with Crippen molar-refractivity contribution in [3.63, 3.8) is 0 Å². The maximum atomic E-state index is 11.8. The minimum atomic E-state index is -1.12. The summed E-state index contributed by atoms with van der Waals surface area (Å²) in [5.41, 5.74) is 0.722. The van der Waals surface area contributed by atoms with Gasteiger partial charge in [0.1, 0.15) is 6.10 Å². The van der Waals surface area contributed by atoms with E-state index < -0.39 is 11.9 Å². The summed E-state index contributed by atoms with van der Waals surface area (Å²) in [6, 6.07) is 0.